The van der Waals surface area contributed by atoms with Crippen molar-refractivity contribution in [2.24, 2.45) is 0 Å². The van der Waals surface area contributed by atoms with Gasteiger partial charge in [-0.05, 0) is 53.9 Å². The maximum Gasteiger partial charge on any atom is 0.266 e. The number of halogens is 1. The lowest BCUT2D eigenvalue weighted by atomic mass is 9.89. The molecule has 2 aliphatic heterocycles. The zero-order chi connectivity index (χ0) is 20.5. The molecule has 2 aliphatic rings. The van der Waals surface area contributed by atoms with Crippen molar-refractivity contribution in [2.45, 2.75) is 18.6 Å². The van der Waals surface area contributed by atoms with Gasteiger partial charge in [0.05, 0.1) is 0 Å². The van der Waals surface area contributed by atoms with Crippen LogP contribution in [0.4, 0.5) is 4.39 Å². The lowest BCUT2D eigenvalue weighted by Crippen LogP contribution is -2.61. The first-order valence-electron chi connectivity index (χ1n) is 9.85. The van der Waals surface area contributed by atoms with Crippen molar-refractivity contribution in [2.75, 3.05) is 13.3 Å². The van der Waals surface area contributed by atoms with E-state index in [9.17, 15) is 9.18 Å². The lowest BCUT2D eigenvalue weighted by Gasteiger charge is -2.47. The van der Waals surface area contributed by atoms with E-state index in [1.807, 2.05) is 48.5 Å². The Morgan fingerprint density at radius 3 is 2.53 bits per heavy atom. The second kappa shape index (κ2) is 7.71. The lowest BCUT2D eigenvalue weighted by molar-refractivity contribution is -0.164. The largest absolute Gasteiger partial charge is 0.478 e. The fourth-order valence-electron chi connectivity index (χ4n) is 3.88. The average molecular weight is 405 g/mol. The van der Waals surface area contributed by atoms with Gasteiger partial charge in [0.25, 0.3) is 5.91 Å². The molecule has 0 aromatic heterocycles. The molecule has 0 unspecified atom stereocenters. The standard InChI is InChI=1S/C24H20FNO4/c25-18-9-6-16(7-10-18)12-13-26-22(17-8-11-20-21(14-17)29-15-28-20)23(24(26)27)30-19-4-2-1-3-5-19/h1-11,14,22-23H,12-13,15H2/t22-,23+/m1/s1. The zero-order valence-corrected chi connectivity index (χ0v) is 16.2. The van der Waals surface area contributed by atoms with Gasteiger partial charge in [-0.15, -0.1) is 0 Å². The van der Waals surface area contributed by atoms with E-state index in [1.54, 1.807) is 17.0 Å². The Kier molecular flexibility index (Phi) is 4.75. The second-order valence-electron chi connectivity index (χ2n) is 7.32. The molecular formula is C24H20FNO4. The number of para-hydroxylation sites is 1. The summed E-state index contributed by atoms with van der Waals surface area (Å²) in [6, 6.07) is 21.2. The minimum absolute atomic E-state index is 0.0661. The summed E-state index contributed by atoms with van der Waals surface area (Å²) < 4.78 is 30.1. The molecule has 2 atom stereocenters. The minimum atomic E-state index is -0.610. The van der Waals surface area contributed by atoms with E-state index in [0.717, 1.165) is 11.1 Å². The predicted molar refractivity (Wildman–Crippen MR) is 108 cm³/mol. The fourth-order valence-corrected chi connectivity index (χ4v) is 3.88. The monoisotopic (exact) mass is 405 g/mol. The highest BCUT2D eigenvalue weighted by atomic mass is 19.1. The summed E-state index contributed by atoms with van der Waals surface area (Å²) in [6.45, 7) is 0.707. The number of ether oxygens (including phenoxy) is 3. The smallest absolute Gasteiger partial charge is 0.266 e. The van der Waals surface area contributed by atoms with Gasteiger partial charge in [0.15, 0.2) is 11.5 Å². The summed E-state index contributed by atoms with van der Waals surface area (Å²) >= 11 is 0. The summed E-state index contributed by atoms with van der Waals surface area (Å²) in [7, 11) is 0. The van der Waals surface area contributed by atoms with E-state index in [2.05, 4.69) is 0 Å². The summed E-state index contributed by atoms with van der Waals surface area (Å²) in [6.07, 6.45) is 0.0199. The highest BCUT2D eigenvalue weighted by Crippen LogP contribution is 2.42. The van der Waals surface area contributed by atoms with Crippen LogP contribution in [0.15, 0.2) is 72.8 Å². The molecule has 2 heterocycles. The van der Waals surface area contributed by atoms with Crippen LogP contribution in [0.2, 0.25) is 0 Å². The topological polar surface area (TPSA) is 48.0 Å². The van der Waals surface area contributed by atoms with Crippen LogP contribution >= 0.6 is 0 Å². The molecule has 0 N–H and O–H groups in total. The molecule has 152 valence electrons. The van der Waals surface area contributed by atoms with Gasteiger partial charge >= 0.3 is 0 Å². The third-order valence-electron chi connectivity index (χ3n) is 5.45. The van der Waals surface area contributed by atoms with Crippen molar-refractivity contribution < 1.29 is 23.4 Å². The number of hydrogen-bond acceptors (Lipinski definition) is 4. The number of hydrogen-bond donors (Lipinski definition) is 0. The Labute approximate surface area is 173 Å². The second-order valence-corrected chi connectivity index (χ2v) is 7.32. The van der Waals surface area contributed by atoms with E-state index in [0.29, 0.717) is 30.2 Å². The summed E-state index contributed by atoms with van der Waals surface area (Å²) in [5, 5.41) is 0. The first-order valence-corrected chi connectivity index (χ1v) is 9.85. The number of rotatable bonds is 6. The van der Waals surface area contributed by atoms with Gasteiger partial charge in [-0.3, -0.25) is 4.79 Å². The van der Waals surface area contributed by atoms with Gasteiger partial charge in [0, 0.05) is 6.54 Å². The Morgan fingerprint density at radius 2 is 1.73 bits per heavy atom. The molecule has 0 spiro atoms. The van der Waals surface area contributed by atoms with Gasteiger partial charge in [-0.1, -0.05) is 36.4 Å². The fraction of sp³-hybridized carbons (Fsp3) is 0.208. The normalized spacial score (nSPS) is 19.5. The Morgan fingerprint density at radius 1 is 0.967 bits per heavy atom. The number of carbonyl (C=O) groups excluding carboxylic acids is 1. The van der Waals surface area contributed by atoms with E-state index in [4.69, 9.17) is 14.2 Å². The third kappa shape index (κ3) is 3.45. The van der Waals surface area contributed by atoms with Crippen molar-refractivity contribution in [3.8, 4) is 17.2 Å². The number of likely N-dealkylation sites (tertiary alicyclic amines) is 1. The highest BCUT2D eigenvalue weighted by Gasteiger charge is 2.50. The molecule has 0 aliphatic carbocycles. The predicted octanol–water partition coefficient (Wildman–Crippen LogP) is 4.13. The number of nitrogens with zero attached hydrogens (tertiary/aromatic N) is 1. The number of β-lactam (4-membered cyclic amide) rings is 1. The van der Waals surface area contributed by atoms with Crippen LogP contribution in [0.5, 0.6) is 17.2 Å². The third-order valence-corrected chi connectivity index (χ3v) is 5.45. The molecule has 1 amide bonds. The van der Waals surface area contributed by atoms with Crippen molar-refractivity contribution in [3.05, 3.63) is 89.7 Å². The SMILES string of the molecule is O=C1[C@@H](Oc2ccccc2)[C@@H](c2ccc3c(c2)OCO3)N1CCc1ccc(F)cc1. The molecule has 1 saturated heterocycles. The van der Waals surface area contributed by atoms with E-state index in [-0.39, 0.29) is 24.6 Å². The van der Waals surface area contributed by atoms with Crippen molar-refractivity contribution in [1.82, 2.24) is 4.90 Å². The summed E-state index contributed by atoms with van der Waals surface area (Å²) in [5.74, 6) is 1.68. The van der Waals surface area contributed by atoms with Gasteiger partial charge in [-0.25, -0.2) is 4.39 Å². The molecule has 5 nitrogen and oxygen atoms in total. The quantitative estimate of drug-likeness (QED) is 0.579. The molecule has 3 aromatic rings. The summed E-state index contributed by atoms with van der Waals surface area (Å²) in [5.41, 5.74) is 1.90. The van der Waals surface area contributed by atoms with Gasteiger partial charge in [0.2, 0.25) is 12.9 Å². The first kappa shape index (κ1) is 18.5. The van der Waals surface area contributed by atoms with Crippen molar-refractivity contribution >= 4 is 5.91 Å². The van der Waals surface area contributed by atoms with Gasteiger partial charge in [-0.2, -0.15) is 0 Å². The molecule has 1 fully saturated rings. The van der Waals surface area contributed by atoms with E-state index < -0.39 is 6.10 Å². The number of amides is 1. The molecule has 0 radical (unpaired) electrons. The van der Waals surface area contributed by atoms with Crippen molar-refractivity contribution in [3.63, 3.8) is 0 Å². The van der Waals surface area contributed by atoms with Crippen LogP contribution in [0, 0.1) is 5.82 Å². The minimum Gasteiger partial charge on any atom is -0.478 e. The van der Waals surface area contributed by atoms with Crippen molar-refractivity contribution in [1.29, 1.82) is 0 Å². The zero-order valence-electron chi connectivity index (χ0n) is 16.2. The molecule has 0 bridgehead atoms. The van der Waals surface area contributed by atoms with Crippen LogP contribution < -0.4 is 14.2 Å². The number of carbonyl (C=O) groups is 1. The Balaban J connectivity index is 1.39. The highest BCUT2D eigenvalue weighted by molar-refractivity contribution is 5.89. The molecule has 6 heteroatoms. The Bertz CT molecular complexity index is 1050. The molecule has 0 saturated carbocycles. The van der Waals surface area contributed by atoms with Crippen LogP contribution in [-0.4, -0.2) is 30.2 Å². The van der Waals surface area contributed by atoms with Crippen LogP contribution in [0.25, 0.3) is 0 Å². The average Bonchev–Trinajstić information content (AvgIpc) is 3.25. The summed E-state index contributed by atoms with van der Waals surface area (Å²) in [4.78, 5) is 14.7. The molecular weight excluding hydrogens is 385 g/mol. The maximum absolute atomic E-state index is 13.2. The van der Waals surface area contributed by atoms with Gasteiger partial charge in [0.1, 0.15) is 17.6 Å². The number of fused-ring (bicyclic) bond motifs is 1. The van der Waals surface area contributed by atoms with Crippen LogP contribution in [-0.2, 0) is 11.2 Å². The molecule has 3 aromatic carbocycles. The molecule has 5 rings (SSSR count). The maximum atomic E-state index is 13.2. The van der Waals surface area contributed by atoms with Gasteiger partial charge < -0.3 is 19.1 Å². The number of benzene rings is 3. The first-order chi connectivity index (χ1) is 14.7. The van der Waals surface area contributed by atoms with Crippen LogP contribution in [0.1, 0.15) is 17.2 Å². The van der Waals surface area contributed by atoms with Crippen LogP contribution in [0.3, 0.4) is 0 Å². The van der Waals surface area contributed by atoms with E-state index in [1.165, 1.54) is 12.1 Å². The molecule has 30 heavy (non-hydrogen) atoms. The van der Waals surface area contributed by atoms with E-state index >= 15 is 0 Å². The Hall–Kier alpha value is -3.54.